The fraction of sp³-hybridized carbons (Fsp3) is 0.405. The van der Waals surface area contributed by atoms with E-state index in [-0.39, 0.29) is 27.0 Å². The highest BCUT2D eigenvalue weighted by Gasteiger charge is 2.44. The second-order valence-corrected chi connectivity index (χ2v) is 26.5. The summed E-state index contributed by atoms with van der Waals surface area (Å²) in [6.07, 6.45) is 0.251. The molecule has 0 radical (unpaired) electrons. The highest BCUT2D eigenvalue weighted by atomic mass is 32.2. The summed E-state index contributed by atoms with van der Waals surface area (Å²) < 4.78 is 61.4. The van der Waals surface area contributed by atoms with Crippen molar-refractivity contribution in [2.24, 2.45) is 0 Å². The average Bonchev–Trinajstić information content (AvgIpc) is 3.01. The van der Waals surface area contributed by atoms with Crippen molar-refractivity contribution in [1.29, 1.82) is 0 Å². The van der Waals surface area contributed by atoms with Crippen LogP contribution in [0.1, 0.15) is 57.5 Å². The number of carbonyl (C=O) groups is 2. The number of sulfone groups is 1. The van der Waals surface area contributed by atoms with Crippen LogP contribution in [0.3, 0.4) is 0 Å². The number of halogens is 1. The first-order valence-corrected chi connectivity index (χ1v) is 23.4. The van der Waals surface area contributed by atoms with E-state index in [4.69, 9.17) is 13.6 Å². The third-order valence-electron chi connectivity index (χ3n) is 9.43. The maximum atomic E-state index is 16.1. The van der Waals surface area contributed by atoms with Crippen LogP contribution >= 0.6 is 0 Å². The lowest BCUT2D eigenvalue weighted by Gasteiger charge is -2.40. The highest BCUT2D eigenvalue weighted by molar-refractivity contribution is 7.95. The minimum absolute atomic E-state index is 0.117. The van der Waals surface area contributed by atoms with Crippen molar-refractivity contribution in [3.05, 3.63) is 101 Å². The molecule has 0 saturated carbocycles. The number of methoxy groups -OCH3 is 1. The molecule has 0 aliphatic heterocycles. The number of nitrogens with one attached hydrogen (secondary N) is 1. The molecule has 0 aliphatic rings. The molecule has 0 aromatic heterocycles. The van der Waals surface area contributed by atoms with Gasteiger partial charge in [0.15, 0.2) is 5.54 Å². The molecule has 266 valence electrons. The molecule has 8 nitrogen and oxygen atoms in total. The number of benzene rings is 3. The Balaban J connectivity index is 2.28. The predicted molar refractivity (Wildman–Crippen MR) is 197 cm³/mol. The summed E-state index contributed by atoms with van der Waals surface area (Å²) in [5.74, 6) is -0.819. The topological polar surface area (TPSA) is 108 Å². The molecule has 1 amide bonds. The van der Waals surface area contributed by atoms with Crippen LogP contribution < -0.4 is 14.2 Å². The molecule has 0 aliphatic carbocycles. The summed E-state index contributed by atoms with van der Waals surface area (Å²) in [6.45, 7) is 21.2. The van der Waals surface area contributed by atoms with Gasteiger partial charge >= 0.3 is 5.97 Å². The standard InChI is InChI=1S/C37H50FNO7SSi2/c1-35(2,3)48(8,9)45-30-23-22-27(24-31(30)46-49(10,11)36(4,5)6)25-37(34(41)44-7,39-33(40)28-18-14-12-15-19-28)26-32(38)47(42,43)29-20-16-13-17-21-29/h12-24,26H,25H2,1-11H3,(H,39,40)/b32-26+/t37-/m1/s1. The molecular formula is C37H50FNO7SSi2. The summed E-state index contributed by atoms with van der Waals surface area (Å²) in [7, 11) is -8.39. The summed E-state index contributed by atoms with van der Waals surface area (Å²) in [5, 5.41) is 0.708. The Morgan fingerprint density at radius 3 is 1.76 bits per heavy atom. The van der Waals surface area contributed by atoms with Crippen LogP contribution in [0.4, 0.5) is 4.39 Å². The van der Waals surface area contributed by atoms with E-state index in [1.165, 1.54) is 36.4 Å². The third-order valence-corrected chi connectivity index (χ3v) is 19.6. The van der Waals surface area contributed by atoms with Crippen LogP contribution in [-0.4, -0.2) is 49.6 Å². The largest absolute Gasteiger partial charge is 0.541 e. The molecule has 0 spiro atoms. The van der Waals surface area contributed by atoms with E-state index in [1.54, 1.807) is 42.5 Å². The zero-order chi connectivity index (χ0) is 37.1. The van der Waals surface area contributed by atoms with E-state index < -0.39 is 49.0 Å². The molecule has 3 rings (SSSR count). The Morgan fingerprint density at radius 1 is 0.776 bits per heavy atom. The maximum absolute atomic E-state index is 16.1. The molecule has 1 N–H and O–H groups in total. The van der Waals surface area contributed by atoms with Gasteiger partial charge in [-0.1, -0.05) is 84.0 Å². The quantitative estimate of drug-likeness (QED) is 0.147. The highest BCUT2D eigenvalue weighted by Crippen LogP contribution is 2.44. The van der Waals surface area contributed by atoms with Gasteiger partial charge in [0.05, 0.1) is 12.0 Å². The van der Waals surface area contributed by atoms with Crippen molar-refractivity contribution in [1.82, 2.24) is 5.32 Å². The van der Waals surface area contributed by atoms with Crippen LogP contribution in [0, 0.1) is 0 Å². The van der Waals surface area contributed by atoms with Gasteiger partial charge < -0.3 is 18.9 Å². The smallest absolute Gasteiger partial charge is 0.336 e. The Kier molecular flexibility index (Phi) is 11.8. The number of amides is 1. The van der Waals surface area contributed by atoms with Gasteiger partial charge in [-0.15, -0.1) is 0 Å². The number of carbonyl (C=O) groups excluding carboxylic acids is 2. The van der Waals surface area contributed by atoms with Crippen molar-refractivity contribution in [2.75, 3.05) is 7.11 Å². The molecule has 1 atom stereocenters. The predicted octanol–water partition coefficient (Wildman–Crippen LogP) is 8.62. The number of rotatable bonds is 12. The van der Waals surface area contributed by atoms with Gasteiger partial charge in [-0.3, -0.25) is 4.79 Å². The molecular weight excluding hydrogens is 678 g/mol. The van der Waals surface area contributed by atoms with Crippen molar-refractivity contribution < 1.29 is 36.0 Å². The lowest BCUT2D eigenvalue weighted by Crippen LogP contribution is -2.55. The van der Waals surface area contributed by atoms with Crippen LogP contribution in [0.5, 0.6) is 11.5 Å². The van der Waals surface area contributed by atoms with E-state index >= 15 is 4.39 Å². The van der Waals surface area contributed by atoms with Crippen LogP contribution in [0.2, 0.25) is 36.3 Å². The minimum atomic E-state index is -4.70. The van der Waals surface area contributed by atoms with E-state index in [0.29, 0.717) is 23.1 Å². The first-order valence-electron chi connectivity index (χ1n) is 16.1. The summed E-state index contributed by atoms with van der Waals surface area (Å²) in [6, 6.07) is 20.2. The van der Waals surface area contributed by atoms with Gasteiger partial charge in [0.2, 0.25) is 15.0 Å². The Hall–Kier alpha value is -3.75. The normalized spacial score (nSPS) is 14.4. The van der Waals surface area contributed by atoms with E-state index in [2.05, 4.69) is 73.0 Å². The van der Waals surface area contributed by atoms with Crippen molar-refractivity contribution in [2.45, 2.75) is 94.7 Å². The first kappa shape index (κ1) is 39.7. The molecule has 49 heavy (non-hydrogen) atoms. The van der Waals surface area contributed by atoms with Gasteiger partial charge in [-0.2, -0.15) is 4.39 Å². The third kappa shape index (κ3) is 9.28. The lowest BCUT2D eigenvalue weighted by atomic mass is 9.89. The van der Waals surface area contributed by atoms with Gasteiger partial charge in [0, 0.05) is 18.1 Å². The molecule has 0 heterocycles. The Labute approximate surface area is 293 Å². The maximum Gasteiger partial charge on any atom is 0.336 e. The minimum Gasteiger partial charge on any atom is -0.541 e. The average molecular weight is 728 g/mol. The molecule has 3 aromatic carbocycles. The number of ether oxygens (including phenoxy) is 1. The number of hydrogen-bond donors (Lipinski definition) is 1. The SMILES string of the molecule is COC(=O)[C@](/C=C(\F)S(=O)(=O)c1ccccc1)(Cc1ccc(O[Si](C)(C)C(C)(C)C)c(O[Si](C)(C)C(C)(C)C)c1)NC(=O)c1ccccc1. The fourth-order valence-electron chi connectivity index (χ4n) is 4.35. The van der Waals surface area contributed by atoms with Crippen LogP contribution in [0.15, 0.2) is 95.0 Å². The second-order valence-electron chi connectivity index (χ2n) is 15.2. The number of hydrogen-bond acceptors (Lipinski definition) is 7. The van der Waals surface area contributed by atoms with Crippen LogP contribution in [-0.2, 0) is 25.8 Å². The van der Waals surface area contributed by atoms with E-state index in [9.17, 15) is 18.0 Å². The Morgan fingerprint density at radius 2 is 1.27 bits per heavy atom. The van der Waals surface area contributed by atoms with Gasteiger partial charge in [-0.25, -0.2) is 13.2 Å². The van der Waals surface area contributed by atoms with Crippen molar-refractivity contribution in [3.63, 3.8) is 0 Å². The monoisotopic (exact) mass is 727 g/mol. The fourth-order valence-corrected chi connectivity index (χ4v) is 7.48. The van der Waals surface area contributed by atoms with E-state index in [0.717, 1.165) is 7.11 Å². The van der Waals surface area contributed by atoms with Crippen molar-refractivity contribution >= 4 is 38.3 Å². The molecule has 0 unspecified atom stereocenters. The molecule has 0 fully saturated rings. The summed E-state index contributed by atoms with van der Waals surface area (Å²) in [5.41, 5.74) is -1.67. The van der Waals surface area contributed by atoms with Gasteiger partial charge in [0.25, 0.3) is 22.5 Å². The van der Waals surface area contributed by atoms with E-state index in [1.807, 2.05) is 0 Å². The number of esters is 1. The van der Waals surface area contributed by atoms with Gasteiger partial charge in [0.1, 0.15) is 11.5 Å². The molecule has 3 aromatic rings. The Bertz CT molecular complexity index is 1780. The van der Waals surface area contributed by atoms with Gasteiger partial charge in [-0.05, 0) is 78.2 Å². The summed E-state index contributed by atoms with van der Waals surface area (Å²) in [4.78, 5) is 27.0. The lowest BCUT2D eigenvalue weighted by molar-refractivity contribution is -0.146. The van der Waals surface area contributed by atoms with Crippen LogP contribution in [0.25, 0.3) is 0 Å². The zero-order valence-corrected chi connectivity index (χ0v) is 33.3. The van der Waals surface area contributed by atoms with Crippen molar-refractivity contribution in [3.8, 4) is 11.5 Å². The first-order chi connectivity index (χ1) is 22.5. The molecule has 12 heteroatoms. The molecule has 0 bridgehead atoms. The molecule has 0 saturated heterocycles. The second kappa shape index (κ2) is 14.6. The zero-order valence-electron chi connectivity index (χ0n) is 30.4. The summed E-state index contributed by atoms with van der Waals surface area (Å²) >= 11 is 0.